The Bertz CT molecular complexity index is 596. The molecule has 2 aromatic carbocycles. The van der Waals surface area contributed by atoms with Gasteiger partial charge < -0.3 is 16.2 Å². The summed E-state index contributed by atoms with van der Waals surface area (Å²) in [6.07, 6.45) is 0. The number of carbonyl (C=O) groups excluding carboxylic acids is 1. The standard InChI is InChI=1S/C15H16N2O2/c1-10(13-7-2-3-8-14(13)18)17-12-6-4-5-11(9-12)15(16)19/h2-10,17-18H,1H3,(H2,16,19). The van der Waals surface area contributed by atoms with E-state index in [9.17, 15) is 9.90 Å². The van der Waals surface area contributed by atoms with E-state index in [-0.39, 0.29) is 11.8 Å². The maximum Gasteiger partial charge on any atom is 0.248 e. The summed E-state index contributed by atoms with van der Waals surface area (Å²) in [5.41, 5.74) is 7.28. The fourth-order valence-electron chi connectivity index (χ4n) is 1.94. The second kappa shape index (κ2) is 5.44. The number of rotatable bonds is 4. The van der Waals surface area contributed by atoms with Crippen molar-refractivity contribution in [1.82, 2.24) is 0 Å². The van der Waals surface area contributed by atoms with Gasteiger partial charge in [-0.2, -0.15) is 0 Å². The molecular weight excluding hydrogens is 240 g/mol. The fraction of sp³-hybridized carbons (Fsp3) is 0.133. The SMILES string of the molecule is CC(Nc1cccc(C(N)=O)c1)c1ccccc1O. The average Bonchev–Trinajstić information content (AvgIpc) is 2.39. The summed E-state index contributed by atoms with van der Waals surface area (Å²) in [5, 5.41) is 13.0. The molecule has 1 amide bonds. The van der Waals surface area contributed by atoms with Gasteiger partial charge in [0.25, 0.3) is 0 Å². The lowest BCUT2D eigenvalue weighted by Gasteiger charge is -2.17. The number of nitrogens with two attached hydrogens (primary N) is 1. The lowest BCUT2D eigenvalue weighted by Crippen LogP contribution is -2.12. The number of aromatic hydroxyl groups is 1. The smallest absolute Gasteiger partial charge is 0.248 e. The van der Waals surface area contributed by atoms with Gasteiger partial charge in [-0.1, -0.05) is 24.3 Å². The van der Waals surface area contributed by atoms with Crippen LogP contribution in [-0.4, -0.2) is 11.0 Å². The minimum Gasteiger partial charge on any atom is -0.508 e. The Kier molecular flexibility index (Phi) is 3.71. The van der Waals surface area contributed by atoms with Gasteiger partial charge in [0, 0.05) is 16.8 Å². The third kappa shape index (κ3) is 3.04. The molecular formula is C15H16N2O2. The Morgan fingerprint density at radius 2 is 1.95 bits per heavy atom. The minimum atomic E-state index is -0.459. The first-order valence-electron chi connectivity index (χ1n) is 6.02. The summed E-state index contributed by atoms with van der Waals surface area (Å²) in [4.78, 5) is 11.1. The van der Waals surface area contributed by atoms with E-state index in [1.807, 2.05) is 25.1 Å². The Hall–Kier alpha value is -2.49. The van der Waals surface area contributed by atoms with E-state index in [0.29, 0.717) is 5.56 Å². The Balaban J connectivity index is 2.19. The van der Waals surface area contributed by atoms with E-state index >= 15 is 0 Å². The average molecular weight is 256 g/mol. The second-order valence-electron chi connectivity index (χ2n) is 4.37. The maximum absolute atomic E-state index is 11.1. The van der Waals surface area contributed by atoms with Gasteiger partial charge in [-0.15, -0.1) is 0 Å². The molecule has 0 aliphatic carbocycles. The van der Waals surface area contributed by atoms with Gasteiger partial charge in [0.1, 0.15) is 5.75 Å². The van der Waals surface area contributed by atoms with Crippen LogP contribution >= 0.6 is 0 Å². The van der Waals surface area contributed by atoms with Crippen molar-refractivity contribution in [2.24, 2.45) is 5.73 Å². The molecule has 2 rings (SSSR count). The number of carbonyl (C=O) groups is 1. The zero-order valence-electron chi connectivity index (χ0n) is 10.6. The summed E-state index contributed by atoms with van der Waals surface area (Å²) in [7, 11) is 0. The van der Waals surface area contributed by atoms with Gasteiger partial charge in [0.15, 0.2) is 0 Å². The predicted octanol–water partition coefficient (Wildman–Crippen LogP) is 2.66. The predicted molar refractivity (Wildman–Crippen MR) is 75.1 cm³/mol. The van der Waals surface area contributed by atoms with E-state index in [4.69, 9.17) is 5.73 Å². The van der Waals surface area contributed by atoms with E-state index in [0.717, 1.165) is 11.3 Å². The van der Waals surface area contributed by atoms with Crippen LogP contribution in [0.25, 0.3) is 0 Å². The Morgan fingerprint density at radius 1 is 1.21 bits per heavy atom. The third-order valence-corrected chi connectivity index (χ3v) is 2.93. The molecule has 0 saturated heterocycles. The molecule has 98 valence electrons. The summed E-state index contributed by atoms with van der Waals surface area (Å²) in [6, 6.07) is 14.0. The van der Waals surface area contributed by atoms with Crippen molar-refractivity contribution >= 4 is 11.6 Å². The number of phenols is 1. The number of primary amides is 1. The molecule has 0 spiro atoms. The van der Waals surface area contributed by atoms with E-state index < -0.39 is 5.91 Å². The van der Waals surface area contributed by atoms with E-state index in [1.54, 1.807) is 30.3 Å². The number of nitrogens with one attached hydrogen (secondary N) is 1. The minimum absolute atomic E-state index is 0.0793. The Morgan fingerprint density at radius 3 is 2.63 bits per heavy atom. The molecule has 1 atom stereocenters. The second-order valence-corrected chi connectivity index (χ2v) is 4.37. The molecule has 1 unspecified atom stereocenters. The van der Waals surface area contributed by atoms with Crippen molar-refractivity contribution in [2.45, 2.75) is 13.0 Å². The highest BCUT2D eigenvalue weighted by Crippen LogP contribution is 2.26. The van der Waals surface area contributed by atoms with Gasteiger partial charge in [-0.05, 0) is 31.2 Å². The van der Waals surface area contributed by atoms with Crippen LogP contribution in [0.4, 0.5) is 5.69 Å². The molecule has 2 aromatic rings. The molecule has 4 N–H and O–H groups in total. The van der Waals surface area contributed by atoms with Crippen LogP contribution in [0.1, 0.15) is 28.9 Å². The zero-order valence-corrected chi connectivity index (χ0v) is 10.6. The zero-order chi connectivity index (χ0) is 13.8. The van der Waals surface area contributed by atoms with E-state index in [2.05, 4.69) is 5.32 Å². The van der Waals surface area contributed by atoms with Gasteiger partial charge in [0.05, 0.1) is 6.04 Å². The highest BCUT2D eigenvalue weighted by atomic mass is 16.3. The molecule has 0 aliphatic heterocycles. The van der Waals surface area contributed by atoms with Crippen molar-refractivity contribution < 1.29 is 9.90 Å². The van der Waals surface area contributed by atoms with Crippen molar-refractivity contribution in [3.05, 3.63) is 59.7 Å². The van der Waals surface area contributed by atoms with Gasteiger partial charge in [-0.25, -0.2) is 0 Å². The molecule has 0 aromatic heterocycles. The quantitative estimate of drug-likeness (QED) is 0.787. The molecule has 19 heavy (non-hydrogen) atoms. The lowest BCUT2D eigenvalue weighted by atomic mass is 10.1. The number of para-hydroxylation sites is 1. The van der Waals surface area contributed by atoms with Gasteiger partial charge in [0.2, 0.25) is 5.91 Å². The summed E-state index contributed by atoms with van der Waals surface area (Å²) in [6.45, 7) is 1.94. The number of hydrogen-bond donors (Lipinski definition) is 3. The highest BCUT2D eigenvalue weighted by molar-refractivity contribution is 5.93. The molecule has 0 aliphatic rings. The van der Waals surface area contributed by atoms with Crippen molar-refractivity contribution in [2.75, 3.05) is 5.32 Å². The number of phenolic OH excluding ortho intramolecular Hbond substituents is 1. The third-order valence-electron chi connectivity index (χ3n) is 2.93. The topological polar surface area (TPSA) is 75.3 Å². The van der Waals surface area contributed by atoms with Crippen molar-refractivity contribution in [3.8, 4) is 5.75 Å². The number of amides is 1. The van der Waals surface area contributed by atoms with Crippen LogP contribution in [0.5, 0.6) is 5.75 Å². The summed E-state index contributed by atoms with van der Waals surface area (Å²) >= 11 is 0. The van der Waals surface area contributed by atoms with Crippen molar-refractivity contribution in [3.63, 3.8) is 0 Å². The first-order valence-corrected chi connectivity index (χ1v) is 6.02. The maximum atomic E-state index is 11.1. The lowest BCUT2D eigenvalue weighted by molar-refractivity contribution is 0.100. The molecule has 0 saturated carbocycles. The number of hydrogen-bond acceptors (Lipinski definition) is 3. The summed E-state index contributed by atoms with van der Waals surface area (Å²) < 4.78 is 0. The summed E-state index contributed by atoms with van der Waals surface area (Å²) in [5.74, 6) is -0.215. The van der Waals surface area contributed by atoms with Crippen LogP contribution in [0.2, 0.25) is 0 Å². The first kappa shape index (κ1) is 13.0. The molecule has 0 fully saturated rings. The normalized spacial score (nSPS) is 11.8. The van der Waals surface area contributed by atoms with Crippen LogP contribution in [0.15, 0.2) is 48.5 Å². The van der Waals surface area contributed by atoms with Crippen molar-refractivity contribution in [1.29, 1.82) is 0 Å². The Labute approximate surface area is 111 Å². The largest absolute Gasteiger partial charge is 0.508 e. The van der Waals surface area contributed by atoms with E-state index in [1.165, 1.54) is 0 Å². The molecule has 0 heterocycles. The highest BCUT2D eigenvalue weighted by Gasteiger charge is 2.10. The molecule has 0 radical (unpaired) electrons. The number of benzene rings is 2. The first-order chi connectivity index (χ1) is 9.08. The molecule has 4 nitrogen and oxygen atoms in total. The fourth-order valence-corrected chi connectivity index (χ4v) is 1.94. The van der Waals surface area contributed by atoms with Crippen LogP contribution < -0.4 is 11.1 Å². The van der Waals surface area contributed by atoms with Gasteiger partial charge in [-0.3, -0.25) is 4.79 Å². The van der Waals surface area contributed by atoms with Crippen LogP contribution in [0, 0.1) is 0 Å². The van der Waals surface area contributed by atoms with Crippen LogP contribution in [0.3, 0.4) is 0 Å². The number of anilines is 1. The van der Waals surface area contributed by atoms with Crippen LogP contribution in [-0.2, 0) is 0 Å². The monoisotopic (exact) mass is 256 g/mol. The van der Waals surface area contributed by atoms with Gasteiger partial charge >= 0.3 is 0 Å². The molecule has 4 heteroatoms. The molecule has 0 bridgehead atoms.